The first-order valence-electron chi connectivity index (χ1n) is 11.2. The third kappa shape index (κ3) is 8.84. The zero-order valence-corrected chi connectivity index (χ0v) is 20.2. The number of piperidine rings is 2. The molecule has 0 spiro atoms. The summed E-state index contributed by atoms with van der Waals surface area (Å²) in [5.74, 6) is -1.79. The van der Waals surface area contributed by atoms with Crippen LogP contribution < -0.4 is 28.7 Å². The maximum atomic E-state index is 12.8. The van der Waals surface area contributed by atoms with Crippen LogP contribution in [0.3, 0.4) is 0 Å². The van der Waals surface area contributed by atoms with Crippen LogP contribution in [-0.2, 0) is 14.3 Å². The normalized spacial score (nSPS) is 19.3. The van der Waals surface area contributed by atoms with E-state index in [0.29, 0.717) is 13.1 Å². The van der Waals surface area contributed by atoms with E-state index in [-0.39, 0.29) is 53.8 Å². The van der Waals surface area contributed by atoms with Crippen molar-refractivity contribution in [2.75, 3.05) is 43.1 Å². The van der Waals surface area contributed by atoms with Crippen molar-refractivity contribution in [3.05, 3.63) is 60.2 Å². The molecule has 0 saturated carbocycles. The van der Waals surface area contributed by atoms with Gasteiger partial charge in [0.15, 0.2) is 0 Å². The molecule has 2 aromatic carbocycles. The quantitative estimate of drug-likeness (QED) is 0.514. The van der Waals surface area contributed by atoms with E-state index >= 15 is 0 Å². The Labute approximate surface area is 216 Å². The molecule has 2 saturated heterocycles. The van der Waals surface area contributed by atoms with Crippen molar-refractivity contribution >= 4 is 23.3 Å². The maximum absolute atomic E-state index is 12.8. The molecule has 0 aliphatic carbocycles. The van der Waals surface area contributed by atoms with Gasteiger partial charge < -0.3 is 25.1 Å². The fourth-order valence-electron chi connectivity index (χ4n) is 4.29. The molecular formula is C25H31F2LiN2O5. The van der Waals surface area contributed by atoms with Gasteiger partial charge in [-0.15, -0.1) is 0 Å². The Morgan fingerprint density at radius 2 is 1.23 bits per heavy atom. The number of anilines is 2. The first-order chi connectivity index (χ1) is 15.9. The molecule has 2 heterocycles. The Bertz CT molecular complexity index is 930. The molecule has 0 aromatic heterocycles. The summed E-state index contributed by atoms with van der Waals surface area (Å²) < 4.78 is 30.3. The van der Waals surface area contributed by atoms with Gasteiger partial charge in [-0.2, -0.15) is 0 Å². The van der Waals surface area contributed by atoms with Crippen LogP contribution in [0.15, 0.2) is 48.5 Å². The molecule has 7 nitrogen and oxygen atoms in total. The van der Waals surface area contributed by atoms with Crippen molar-refractivity contribution in [2.24, 2.45) is 11.8 Å². The topological polar surface area (TPSA) is 100 Å². The van der Waals surface area contributed by atoms with E-state index in [9.17, 15) is 18.4 Å². The summed E-state index contributed by atoms with van der Waals surface area (Å²) in [7, 11) is 1.42. The summed E-state index contributed by atoms with van der Waals surface area (Å²) >= 11 is 0. The van der Waals surface area contributed by atoms with Gasteiger partial charge in [0.25, 0.3) is 0 Å². The SMILES string of the molecule is COC(=O)C1CCCN(c2ccc(F)cc2)C1.O=C(O)C1CCCN(c2ccc(F)cc2)C1.[Li+].[OH-]. The molecule has 186 valence electrons. The standard InChI is InChI=1S/C13H16FNO2.C12H14FNO2.Li.H2O/c1-17-13(16)10-3-2-8-15(9-10)12-6-4-11(14)5-7-12;13-10-3-5-11(6-4-10)14-7-1-2-9(8-14)12(15)16;;/h4-7,10H,2-3,8-9H2,1H3;3-6,9H,1-2,7-8H2,(H,15,16);;1H2/q;;+1;/p-1. The maximum Gasteiger partial charge on any atom is 1.00 e. The minimum absolute atomic E-state index is 0. The molecular weight excluding hydrogens is 453 g/mol. The predicted molar refractivity (Wildman–Crippen MR) is 124 cm³/mol. The molecule has 10 heteroatoms. The Hall–Kier alpha value is -2.60. The number of carbonyl (C=O) groups excluding carboxylic acids is 1. The van der Waals surface area contributed by atoms with Crippen LogP contribution >= 0.6 is 0 Å². The van der Waals surface area contributed by atoms with Gasteiger partial charge in [0.05, 0.1) is 18.9 Å². The van der Waals surface area contributed by atoms with Gasteiger partial charge in [-0.05, 0) is 74.2 Å². The third-order valence-corrected chi connectivity index (χ3v) is 6.11. The van der Waals surface area contributed by atoms with E-state index < -0.39 is 5.97 Å². The summed E-state index contributed by atoms with van der Waals surface area (Å²) in [6.07, 6.45) is 3.42. The number of hydrogen-bond donors (Lipinski definition) is 1. The number of hydrogen-bond acceptors (Lipinski definition) is 6. The van der Waals surface area contributed by atoms with Gasteiger partial charge in [0, 0.05) is 37.6 Å². The number of aliphatic carboxylic acids is 1. The number of rotatable bonds is 4. The molecule has 0 radical (unpaired) electrons. The van der Waals surface area contributed by atoms with Gasteiger partial charge in [-0.25, -0.2) is 8.78 Å². The monoisotopic (exact) mass is 484 g/mol. The van der Waals surface area contributed by atoms with Crippen molar-refractivity contribution in [3.8, 4) is 0 Å². The van der Waals surface area contributed by atoms with Crippen LogP contribution in [0.5, 0.6) is 0 Å². The number of ether oxygens (including phenoxy) is 1. The molecule has 0 bridgehead atoms. The summed E-state index contributed by atoms with van der Waals surface area (Å²) in [6.45, 7) is 2.91. The van der Waals surface area contributed by atoms with Crippen molar-refractivity contribution in [2.45, 2.75) is 25.7 Å². The summed E-state index contributed by atoms with van der Waals surface area (Å²) in [5, 5.41) is 8.96. The van der Waals surface area contributed by atoms with E-state index in [1.165, 1.54) is 31.4 Å². The van der Waals surface area contributed by atoms with Gasteiger partial charge >= 0.3 is 30.8 Å². The second kappa shape index (κ2) is 14.7. The number of methoxy groups -OCH3 is 1. The minimum Gasteiger partial charge on any atom is -0.870 e. The first-order valence-corrected chi connectivity index (χ1v) is 11.2. The Balaban J connectivity index is 0.000000332. The minimum atomic E-state index is -0.744. The van der Waals surface area contributed by atoms with E-state index in [1.807, 2.05) is 4.90 Å². The first kappa shape index (κ1) is 30.4. The van der Waals surface area contributed by atoms with Crippen LogP contribution in [-0.4, -0.2) is 55.8 Å². The van der Waals surface area contributed by atoms with Crippen LogP contribution in [0.2, 0.25) is 0 Å². The van der Waals surface area contributed by atoms with Crippen molar-refractivity contribution in [1.29, 1.82) is 0 Å². The second-order valence-corrected chi connectivity index (χ2v) is 8.38. The average Bonchev–Trinajstić information content (AvgIpc) is 2.85. The Kier molecular flexibility index (Phi) is 12.8. The fraction of sp³-hybridized carbons (Fsp3) is 0.440. The predicted octanol–water partition coefficient (Wildman–Crippen LogP) is 1.17. The zero-order valence-electron chi connectivity index (χ0n) is 20.2. The molecule has 35 heavy (non-hydrogen) atoms. The van der Waals surface area contributed by atoms with Crippen LogP contribution in [0, 0.1) is 23.5 Å². The molecule has 2 unspecified atom stereocenters. The second-order valence-electron chi connectivity index (χ2n) is 8.38. The van der Waals surface area contributed by atoms with Gasteiger partial charge in [-0.3, -0.25) is 9.59 Å². The molecule has 0 amide bonds. The Morgan fingerprint density at radius 1 is 0.829 bits per heavy atom. The molecule has 2 aromatic rings. The van der Waals surface area contributed by atoms with E-state index in [1.54, 1.807) is 24.3 Å². The molecule has 2 atom stereocenters. The molecule has 2 aliphatic heterocycles. The van der Waals surface area contributed by atoms with Crippen LogP contribution in [0.1, 0.15) is 25.7 Å². The number of benzene rings is 2. The molecule has 2 fully saturated rings. The number of carboxylic acid groups (broad SMARTS) is 1. The van der Waals surface area contributed by atoms with Crippen molar-refractivity contribution in [1.82, 2.24) is 0 Å². The number of nitrogens with zero attached hydrogens (tertiary/aromatic N) is 2. The summed E-state index contributed by atoms with van der Waals surface area (Å²) in [4.78, 5) is 26.5. The van der Waals surface area contributed by atoms with E-state index in [2.05, 4.69) is 4.90 Å². The molecule has 2 N–H and O–H groups in total. The Morgan fingerprint density at radius 3 is 1.63 bits per heavy atom. The van der Waals surface area contributed by atoms with Crippen molar-refractivity contribution < 1.29 is 52.6 Å². The van der Waals surface area contributed by atoms with Crippen LogP contribution in [0.25, 0.3) is 0 Å². The number of halogens is 2. The number of esters is 1. The summed E-state index contributed by atoms with van der Waals surface area (Å²) in [6, 6.07) is 12.6. The van der Waals surface area contributed by atoms with Crippen LogP contribution in [0.4, 0.5) is 20.2 Å². The van der Waals surface area contributed by atoms with Crippen molar-refractivity contribution in [3.63, 3.8) is 0 Å². The number of carbonyl (C=O) groups is 2. The van der Waals surface area contributed by atoms with Gasteiger partial charge in [-0.1, -0.05) is 0 Å². The largest absolute Gasteiger partial charge is 1.00 e. The molecule has 4 rings (SSSR count). The fourth-order valence-corrected chi connectivity index (χ4v) is 4.29. The van der Waals surface area contributed by atoms with Gasteiger partial charge in [0.1, 0.15) is 11.6 Å². The average molecular weight is 484 g/mol. The van der Waals surface area contributed by atoms with Gasteiger partial charge in [0.2, 0.25) is 0 Å². The van der Waals surface area contributed by atoms with E-state index in [4.69, 9.17) is 9.84 Å². The van der Waals surface area contributed by atoms with E-state index in [0.717, 1.165) is 50.1 Å². The zero-order chi connectivity index (χ0) is 23.8. The smallest absolute Gasteiger partial charge is 0.870 e. The third-order valence-electron chi connectivity index (χ3n) is 6.11. The number of carboxylic acids is 1. The molecule has 2 aliphatic rings. The summed E-state index contributed by atoms with van der Waals surface area (Å²) in [5.41, 5.74) is 1.85.